The topological polar surface area (TPSA) is 79.0 Å². The molecule has 1 aromatic carbocycles. The summed E-state index contributed by atoms with van der Waals surface area (Å²) >= 11 is 1.79. The molecule has 24 heavy (non-hydrogen) atoms. The van der Waals surface area contributed by atoms with E-state index < -0.39 is 4.92 Å². The highest BCUT2D eigenvalue weighted by atomic mass is 32.2. The van der Waals surface area contributed by atoms with Crippen molar-refractivity contribution in [2.24, 2.45) is 4.99 Å². The van der Waals surface area contributed by atoms with Gasteiger partial charge < -0.3 is 9.80 Å². The molecule has 0 bridgehead atoms. The van der Waals surface area contributed by atoms with Gasteiger partial charge >= 0.3 is 0 Å². The van der Waals surface area contributed by atoms with Gasteiger partial charge in [-0.2, -0.15) is 0 Å². The van der Waals surface area contributed by atoms with Crippen LogP contribution in [0.25, 0.3) is 0 Å². The minimum Gasteiger partial charge on any atom is -0.348 e. The number of hydrogen-bond donors (Lipinski definition) is 0. The Hall–Kier alpha value is -2.09. The monoisotopic (exact) mass is 348 g/mol. The van der Waals surface area contributed by atoms with Crippen molar-refractivity contribution in [3.05, 3.63) is 39.4 Å². The molecule has 1 aromatic rings. The first-order chi connectivity index (χ1) is 11.5. The number of amides is 1. The molecule has 7 nitrogen and oxygen atoms in total. The van der Waals surface area contributed by atoms with Gasteiger partial charge in [0.1, 0.15) is 0 Å². The predicted octanol–water partition coefficient (Wildman–Crippen LogP) is 2.15. The van der Waals surface area contributed by atoms with E-state index in [1.165, 1.54) is 12.1 Å². The number of benzene rings is 1. The van der Waals surface area contributed by atoms with Crippen molar-refractivity contribution < 1.29 is 9.72 Å². The highest BCUT2D eigenvalue weighted by Gasteiger charge is 2.27. The maximum absolute atomic E-state index is 12.7. The first-order valence-electron chi connectivity index (χ1n) is 7.96. The van der Waals surface area contributed by atoms with Crippen molar-refractivity contribution in [3.63, 3.8) is 0 Å². The Kier molecular flexibility index (Phi) is 4.75. The molecule has 2 heterocycles. The number of rotatable bonds is 2. The summed E-state index contributed by atoms with van der Waals surface area (Å²) in [7, 11) is 0. The lowest BCUT2D eigenvalue weighted by Gasteiger charge is -2.35. The van der Waals surface area contributed by atoms with Gasteiger partial charge in [-0.05, 0) is 18.6 Å². The van der Waals surface area contributed by atoms with Crippen LogP contribution in [0.3, 0.4) is 0 Å². The van der Waals surface area contributed by atoms with E-state index in [1.807, 2.05) is 4.90 Å². The van der Waals surface area contributed by atoms with Crippen LogP contribution in [0.15, 0.2) is 23.2 Å². The largest absolute Gasteiger partial charge is 0.348 e. The van der Waals surface area contributed by atoms with Gasteiger partial charge in [0.05, 0.1) is 11.5 Å². The summed E-state index contributed by atoms with van der Waals surface area (Å²) in [4.78, 5) is 31.7. The number of nitro benzene ring substituents is 1. The molecule has 2 aliphatic rings. The van der Waals surface area contributed by atoms with Crippen LogP contribution in [0.2, 0.25) is 0 Å². The summed E-state index contributed by atoms with van der Waals surface area (Å²) in [6, 6.07) is 4.40. The lowest BCUT2D eigenvalue weighted by Crippen LogP contribution is -2.50. The number of carbonyl (C=O) groups is 1. The van der Waals surface area contributed by atoms with E-state index in [4.69, 9.17) is 0 Å². The van der Waals surface area contributed by atoms with Gasteiger partial charge in [0.25, 0.3) is 11.6 Å². The Morgan fingerprint density at radius 3 is 2.58 bits per heavy atom. The molecule has 0 aliphatic carbocycles. The average molecular weight is 348 g/mol. The van der Waals surface area contributed by atoms with E-state index >= 15 is 0 Å². The number of piperazine rings is 1. The van der Waals surface area contributed by atoms with Crippen molar-refractivity contribution >= 4 is 28.5 Å². The maximum atomic E-state index is 12.7. The third kappa shape index (κ3) is 3.38. The zero-order valence-electron chi connectivity index (χ0n) is 13.8. The van der Waals surface area contributed by atoms with Crippen LogP contribution < -0.4 is 0 Å². The molecule has 0 N–H and O–H groups in total. The lowest BCUT2D eigenvalue weighted by molar-refractivity contribution is -0.384. The minimum atomic E-state index is -0.443. The predicted molar refractivity (Wildman–Crippen MR) is 94.7 cm³/mol. The fourth-order valence-corrected chi connectivity index (χ4v) is 3.90. The minimum absolute atomic E-state index is 0.0132. The van der Waals surface area contributed by atoms with Gasteiger partial charge in [-0.25, -0.2) is 0 Å². The molecule has 2 aliphatic heterocycles. The SMILES string of the molecule is Cc1cc([N+](=O)[O-])ccc1C(=O)N1CCN(C2=NC[C@H](C)S2)CC1. The molecule has 1 atom stereocenters. The number of thioether (sulfide) groups is 1. The third-order valence-corrected chi connectivity index (χ3v) is 5.43. The van der Waals surface area contributed by atoms with Crippen LogP contribution >= 0.6 is 11.8 Å². The van der Waals surface area contributed by atoms with Crippen molar-refractivity contribution in [2.45, 2.75) is 19.1 Å². The van der Waals surface area contributed by atoms with Gasteiger partial charge in [-0.15, -0.1) is 0 Å². The summed E-state index contributed by atoms with van der Waals surface area (Å²) in [6.07, 6.45) is 0. The Balaban J connectivity index is 1.64. The summed E-state index contributed by atoms with van der Waals surface area (Å²) in [5.74, 6) is -0.0589. The molecule has 0 spiro atoms. The smallest absolute Gasteiger partial charge is 0.269 e. The summed E-state index contributed by atoms with van der Waals surface area (Å²) in [5, 5.41) is 12.4. The first-order valence-corrected chi connectivity index (χ1v) is 8.84. The van der Waals surface area contributed by atoms with Gasteiger partial charge in [0, 0.05) is 49.1 Å². The van der Waals surface area contributed by atoms with E-state index in [2.05, 4.69) is 16.8 Å². The number of carbonyl (C=O) groups excluding carboxylic acids is 1. The van der Waals surface area contributed by atoms with Crippen LogP contribution in [0.5, 0.6) is 0 Å². The van der Waals surface area contributed by atoms with E-state index in [9.17, 15) is 14.9 Å². The summed E-state index contributed by atoms with van der Waals surface area (Å²) < 4.78 is 0. The zero-order valence-corrected chi connectivity index (χ0v) is 14.6. The molecule has 128 valence electrons. The average Bonchev–Trinajstić information content (AvgIpc) is 3.00. The van der Waals surface area contributed by atoms with Crippen molar-refractivity contribution in [1.29, 1.82) is 0 Å². The first kappa shape index (κ1) is 16.8. The van der Waals surface area contributed by atoms with Crippen molar-refractivity contribution in [1.82, 2.24) is 9.80 Å². The molecule has 8 heteroatoms. The number of nitro groups is 1. The summed E-state index contributed by atoms with van der Waals surface area (Å²) in [6.45, 7) is 7.60. The summed E-state index contributed by atoms with van der Waals surface area (Å²) in [5.41, 5.74) is 1.19. The zero-order chi connectivity index (χ0) is 17.3. The molecule has 0 aromatic heterocycles. The van der Waals surface area contributed by atoms with Crippen LogP contribution in [-0.2, 0) is 0 Å². The number of hydrogen-bond acceptors (Lipinski definition) is 6. The number of non-ortho nitro benzene ring substituents is 1. The standard InChI is InChI=1S/C16H20N4O3S/c1-11-9-13(20(22)23)3-4-14(11)15(21)18-5-7-19(8-6-18)16-17-10-12(2)24-16/h3-4,9,12H,5-8,10H2,1-2H3/t12-/m0/s1. The normalized spacial score (nSPS) is 20.9. The lowest BCUT2D eigenvalue weighted by atomic mass is 10.1. The second-order valence-corrected chi connectivity index (χ2v) is 7.49. The van der Waals surface area contributed by atoms with Gasteiger partial charge in [0.2, 0.25) is 0 Å². The Bertz CT molecular complexity index is 699. The molecule has 1 fully saturated rings. The number of nitrogens with zero attached hydrogens (tertiary/aromatic N) is 4. The van der Waals surface area contributed by atoms with Crippen LogP contribution in [-0.4, -0.2) is 63.8 Å². The van der Waals surface area contributed by atoms with Crippen LogP contribution in [0.4, 0.5) is 5.69 Å². The highest BCUT2D eigenvalue weighted by molar-refractivity contribution is 8.14. The molecule has 0 saturated carbocycles. The van der Waals surface area contributed by atoms with E-state index in [0.717, 1.165) is 24.8 Å². The second kappa shape index (κ2) is 6.80. The van der Waals surface area contributed by atoms with E-state index in [1.54, 1.807) is 24.8 Å². The van der Waals surface area contributed by atoms with Crippen LogP contribution in [0, 0.1) is 17.0 Å². The molecule has 0 unspecified atom stereocenters. The molecule has 3 rings (SSSR count). The fraction of sp³-hybridized carbons (Fsp3) is 0.500. The number of amidine groups is 1. The Morgan fingerprint density at radius 2 is 2.04 bits per heavy atom. The highest BCUT2D eigenvalue weighted by Crippen LogP contribution is 2.24. The fourth-order valence-electron chi connectivity index (χ4n) is 2.91. The molecular weight excluding hydrogens is 328 g/mol. The van der Waals surface area contributed by atoms with Crippen molar-refractivity contribution in [2.75, 3.05) is 32.7 Å². The second-order valence-electron chi connectivity index (χ2n) is 6.09. The van der Waals surface area contributed by atoms with Gasteiger partial charge in [-0.3, -0.25) is 19.9 Å². The molecule has 0 radical (unpaired) electrons. The maximum Gasteiger partial charge on any atom is 0.269 e. The van der Waals surface area contributed by atoms with Gasteiger partial charge in [0.15, 0.2) is 5.17 Å². The van der Waals surface area contributed by atoms with Crippen LogP contribution in [0.1, 0.15) is 22.8 Å². The Morgan fingerprint density at radius 1 is 1.33 bits per heavy atom. The third-order valence-electron chi connectivity index (χ3n) is 4.28. The number of aliphatic imine (C=N–C) groups is 1. The Labute approximate surface area is 144 Å². The number of aryl methyl sites for hydroxylation is 1. The molecule has 1 amide bonds. The van der Waals surface area contributed by atoms with Crippen molar-refractivity contribution in [3.8, 4) is 0 Å². The molecule has 1 saturated heterocycles. The van der Waals surface area contributed by atoms with E-state index in [0.29, 0.717) is 29.5 Å². The molecular formula is C16H20N4O3S. The quantitative estimate of drug-likeness (QED) is 0.604. The van der Waals surface area contributed by atoms with Gasteiger partial charge in [-0.1, -0.05) is 18.7 Å². The van der Waals surface area contributed by atoms with E-state index in [-0.39, 0.29) is 11.6 Å².